The maximum atomic E-state index is 12.0. The summed E-state index contributed by atoms with van der Waals surface area (Å²) in [7, 11) is 1.56. The van der Waals surface area contributed by atoms with Crippen LogP contribution >= 0.6 is 0 Å². The smallest absolute Gasteiger partial charge is 0.271 e. The summed E-state index contributed by atoms with van der Waals surface area (Å²) in [5.41, 5.74) is 3.29. The molecule has 8 heteroatoms. The number of hydrogen-bond donors (Lipinski definition) is 1. The van der Waals surface area contributed by atoms with E-state index in [0.717, 1.165) is 12.0 Å². The van der Waals surface area contributed by atoms with Crippen molar-refractivity contribution in [2.45, 2.75) is 13.3 Å². The van der Waals surface area contributed by atoms with Crippen LogP contribution < -0.4 is 14.9 Å². The second kappa shape index (κ2) is 9.16. The topological polar surface area (TPSA) is 103 Å². The van der Waals surface area contributed by atoms with Crippen molar-refractivity contribution in [1.29, 1.82) is 0 Å². The Morgan fingerprint density at radius 2 is 1.96 bits per heavy atom. The van der Waals surface area contributed by atoms with E-state index in [-0.39, 0.29) is 11.3 Å². The lowest BCUT2D eigenvalue weighted by Crippen LogP contribution is -2.17. The predicted octanol–water partition coefficient (Wildman–Crippen LogP) is 3.16. The van der Waals surface area contributed by atoms with Gasteiger partial charge in [-0.05, 0) is 42.3 Å². The molecule has 0 radical (unpaired) electrons. The van der Waals surface area contributed by atoms with Crippen LogP contribution in [0.3, 0.4) is 0 Å². The number of ether oxygens (including phenoxy) is 2. The fourth-order valence-electron chi connectivity index (χ4n) is 2.06. The quantitative estimate of drug-likeness (QED) is 0.444. The highest BCUT2D eigenvalue weighted by molar-refractivity contribution is 5.95. The molecule has 2 aromatic rings. The molecule has 0 aromatic heterocycles. The third kappa shape index (κ3) is 5.04. The van der Waals surface area contributed by atoms with Crippen LogP contribution in [0.25, 0.3) is 0 Å². The lowest BCUT2D eigenvalue weighted by molar-refractivity contribution is -0.384. The first kappa shape index (κ1) is 18.9. The van der Waals surface area contributed by atoms with Gasteiger partial charge in [-0.3, -0.25) is 14.9 Å². The molecule has 8 nitrogen and oxygen atoms in total. The lowest BCUT2D eigenvalue weighted by Gasteiger charge is -2.10. The third-order valence-corrected chi connectivity index (χ3v) is 3.37. The predicted molar refractivity (Wildman–Crippen MR) is 96.9 cm³/mol. The summed E-state index contributed by atoms with van der Waals surface area (Å²) < 4.78 is 10.9. The third-order valence-electron chi connectivity index (χ3n) is 3.37. The first-order valence-corrected chi connectivity index (χ1v) is 7.94. The highest BCUT2D eigenvalue weighted by atomic mass is 16.6. The number of carbonyl (C=O) groups excluding carboxylic acids is 1. The van der Waals surface area contributed by atoms with E-state index in [4.69, 9.17) is 9.47 Å². The number of nitro benzene ring substituents is 1. The van der Waals surface area contributed by atoms with Crippen molar-refractivity contribution < 1.29 is 19.2 Å². The largest absolute Gasteiger partial charge is 0.493 e. The summed E-state index contributed by atoms with van der Waals surface area (Å²) in [6.07, 6.45) is 2.34. The summed E-state index contributed by atoms with van der Waals surface area (Å²) in [4.78, 5) is 22.1. The SMILES string of the molecule is CCCOc1cc(/C=N\NC(=O)c2ccc([N+](=O)[O-])cc2)ccc1OC. The maximum absolute atomic E-state index is 12.0. The zero-order valence-corrected chi connectivity index (χ0v) is 14.5. The van der Waals surface area contributed by atoms with Crippen molar-refractivity contribution in [3.8, 4) is 11.5 Å². The van der Waals surface area contributed by atoms with E-state index in [1.165, 1.54) is 30.5 Å². The van der Waals surface area contributed by atoms with E-state index in [2.05, 4.69) is 10.5 Å². The van der Waals surface area contributed by atoms with Gasteiger partial charge in [-0.15, -0.1) is 0 Å². The summed E-state index contributed by atoms with van der Waals surface area (Å²) in [6, 6.07) is 10.6. The van der Waals surface area contributed by atoms with Crippen LogP contribution in [-0.4, -0.2) is 30.8 Å². The number of hydrogen-bond acceptors (Lipinski definition) is 6. The van der Waals surface area contributed by atoms with Gasteiger partial charge < -0.3 is 9.47 Å². The second-order valence-corrected chi connectivity index (χ2v) is 5.26. The molecular weight excluding hydrogens is 338 g/mol. The van der Waals surface area contributed by atoms with E-state index < -0.39 is 10.8 Å². The number of methoxy groups -OCH3 is 1. The Morgan fingerprint density at radius 3 is 2.58 bits per heavy atom. The van der Waals surface area contributed by atoms with Gasteiger partial charge in [0, 0.05) is 17.7 Å². The highest BCUT2D eigenvalue weighted by Gasteiger charge is 2.09. The zero-order valence-electron chi connectivity index (χ0n) is 14.5. The number of carbonyl (C=O) groups is 1. The average molecular weight is 357 g/mol. The van der Waals surface area contributed by atoms with Gasteiger partial charge in [0.05, 0.1) is 24.9 Å². The Bertz CT molecular complexity index is 803. The van der Waals surface area contributed by atoms with E-state index in [0.29, 0.717) is 18.1 Å². The average Bonchev–Trinajstić information content (AvgIpc) is 2.66. The molecule has 0 atom stereocenters. The van der Waals surface area contributed by atoms with Crippen molar-refractivity contribution in [3.63, 3.8) is 0 Å². The van der Waals surface area contributed by atoms with E-state index in [1.54, 1.807) is 25.3 Å². The first-order valence-electron chi connectivity index (χ1n) is 7.94. The minimum absolute atomic E-state index is 0.0807. The Hall–Kier alpha value is -3.42. The van der Waals surface area contributed by atoms with Crippen LogP contribution in [-0.2, 0) is 0 Å². The standard InChI is InChI=1S/C18H19N3O5/c1-3-10-26-17-11-13(4-9-16(17)25-2)12-19-20-18(22)14-5-7-15(8-6-14)21(23)24/h4-9,11-12H,3,10H2,1-2H3,(H,20,22)/b19-12-. The van der Waals surface area contributed by atoms with Crippen molar-refractivity contribution in [1.82, 2.24) is 5.43 Å². The molecule has 0 saturated heterocycles. The summed E-state index contributed by atoms with van der Waals surface area (Å²) in [5, 5.41) is 14.5. The fraction of sp³-hybridized carbons (Fsp3) is 0.222. The van der Waals surface area contributed by atoms with Gasteiger partial charge in [-0.25, -0.2) is 5.43 Å². The van der Waals surface area contributed by atoms with Crippen molar-refractivity contribution in [3.05, 3.63) is 63.7 Å². The molecule has 0 aliphatic heterocycles. The highest BCUT2D eigenvalue weighted by Crippen LogP contribution is 2.27. The first-order chi connectivity index (χ1) is 12.5. The van der Waals surface area contributed by atoms with Crippen LogP contribution in [0, 0.1) is 10.1 Å². The molecule has 0 aliphatic carbocycles. The second-order valence-electron chi connectivity index (χ2n) is 5.26. The molecule has 0 spiro atoms. The molecule has 0 saturated carbocycles. The monoisotopic (exact) mass is 357 g/mol. The van der Waals surface area contributed by atoms with E-state index >= 15 is 0 Å². The normalized spacial score (nSPS) is 10.5. The number of rotatable bonds is 8. The molecule has 0 unspecified atom stereocenters. The summed E-state index contributed by atoms with van der Waals surface area (Å²) in [6.45, 7) is 2.57. The van der Waals surface area contributed by atoms with Crippen LogP contribution in [0.2, 0.25) is 0 Å². The van der Waals surface area contributed by atoms with E-state index in [1.807, 2.05) is 6.92 Å². The number of hydrazone groups is 1. The van der Waals surface area contributed by atoms with Gasteiger partial charge in [0.1, 0.15) is 0 Å². The summed E-state index contributed by atoms with van der Waals surface area (Å²) >= 11 is 0. The van der Waals surface area contributed by atoms with Gasteiger partial charge in [0.15, 0.2) is 11.5 Å². The van der Waals surface area contributed by atoms with Gasteiger partial charge in [0.2, 0.25) is 0 Å². The number of benzene rings is 2. The van der Waals surface area contributed by atoms with Crippen molar-refractivity contribution in [2.75, 3.05) is 13.7 Å². The molecule has 0 aliphatic rings. The molecule has 136 valence electrons. The van der Waals surface area contributed by atoms with Gasteiger partial charge >= 0.3 is 0 Å². The Morgan fingerprint density at radius 1 is 1.23 bits per heavy atom. The molecule has 0 bridgehead atoms. The number of nitro groups is 1. The Labute approximate surface area is 150 Å². The zero-order chi connectivity index (χ0) is 18.9. The summed E-state index contributed by atoms with van der Waals surface area (Å²) in [5.74, 6) is 0.748. The Balaban J connectivity index is 2.02. The minimum atomic E-state index is -0.526. The fourth-order valence-corrected chi connectivity index (χ4v) is 2.06. The molecule has 2 aromatic carbocycles. The van der Waals surface area contributed by atoms with Crippen molar-refractivity contribution in [2.24, 2.45) is 5.10 Å². The lowest BCUT2D eigenvalue weighted by atomic mass is 10.2. The van der Waals surface area contributed by atoms with Crippen LogP contribution in [0.15, 0.2) is 47.6 Å². The van der Waals surface area contributed by atoms with Crippen molar-refractivity contribution >= 4 is 17.8 Å². The Kier molecular flexibility index (Phi) is 6.67. The molecule has 1 amide bonds. The van der Waals surface area contributed by atoms with Crippen LogP contribution in [0.1, 0.15) is 29.3 Å². The maximum Gasteiger partial charge on any atom is 0.271 e. The van der Waals surface area contributed by atoms with Gasteiger partial charge in [-0.1, -0.05) is 6.92 Å². The molecule has 0 heterocycles. The molecule has 2 rings (SSSR count). The minimum Gasteiger partial charge on any atom is -0.493 e. The number of amides is 1. The number of nitrogens with zero attached hydrogens (tertiary/aromatic N) is 2. The molecule has 0 fully saturated rings. The number of nitrogens with one attached hydrogen (secondary N) is 1. The van der Waals surface area contributed by atoms with Crippen LogP contribution in [0.5, 0.6) is 11.5 Å². The van der Waals surface area contributed by atoms with Crippen LogP contribution in [0.4, 0.5) is 5.69 Å². The number of non-ortho nitro benzene ring substituents is 1. The van der Waals surface area contributed by atoms with Gasteiger partial charge in [0.25, 0.3) is 11.6 Å². The molecule has 1 N–H and O–H groups in total. The molecular formula is C18H19N3O5. The van der Waals surface area contributed by atoms with E-state index in [9.17, 15) is 14.9 Å². The van der Waals surface area contributed by atoms with Gasteiger partial charge in [-0.2, -0.15) is 5.10 Å². The molecule has 26 heavy (non-hydrogen) atoms.